The van der Waals surface area contributed by atoms with E-state index in [1.807, 2.05) is 0 Å². The van der Waals surface area contributed by atoms with Crippen molar-refractivity contribution in [3.05, 3.63) is 62.2 Å². The van der Waals surface area contributed by atoms with Gasteiger partial charge in [0.2, 0.25) is 0 Å². The largest absolute Gasteiger partial charge is 0.493 e. The molecule has 11 heteroatoms. The molecular weight excluding hydrogens is 360 g/mol. The van der Waals surface area contributed by atoms with Gasteiger partial charge in [0.25, 0.3) is 5.69 Å². The summed E-state index contributed by atoms with van der Waals surface area (Å²) in [6.07, 6.45) is 1.35. The Morgan fingerprint density at radius 3 is 2.44 bits per heavy atom. The van der Waals surface area contributed by atoms with Gasteiger partial charge in [0.1, 0.15) is 5.69 Å². The number of benzene rings is 2. The van der Waals surface area contributed by atoms with Crippen molar-refractivity contribution in [3.63, 3.8) is 0 Å². The Labute approximate surface area is 152 Å². The maximum Gasteiger partial charge on any atom is 0.308 e. The van der Waals surface area contributed by atoms with Crippen LogP contribution in [0.15, 0.2) is 41.5 Å². The normalized spacial score (nSPS) is 10.4. The maximum absolute atomic E-state index is 11.1. The molecule has 2 aromatic carbocycles. The molecule has 27 heavy (non-hydrogen) atoms. The van der Waals surface area contributed by atoms with Crippen LogP contribution in [-0.4, -0.2) is 29.1 Å². The van der Waals surface area contributed by atoms with Crippen molar-refractivity contribution in [2.45, 2.75) is 6.92 Å². The van der Waals surface area contributed by atoms with Crippen LogP contribution in [0.3, 0.4) is 0 Å². The number of anilines is 1. The summed E-state index contributed by atoms with van der Waals surface area (Å²) in [5, 5.41) is 25.7. The zero-order valence-corrected chi connectivity index (χ0v) is 14.2. The number of rotatable bonds is 7. The molecule has 0 heterocycles. The molecule has 11 nitrogen and oxygen atoms in total. The number of non-ortho nitro benzene ring substituents is 1. The van der Waals surface area contributed by atoms with Gasteiger partial charge in [-0.2, -0.15) is 5.10 Å². The van der Waals surface area contributed by atoms with Crippen molar-refractivity contribution in [2.24, 2.45) is 5.10 Å². The van der Waals surface area contributed by atoms with Crippen molar-refractivity contribution in [3.8, 4) is 11.5 Å². The van der Waals surface area contributed by atoms with Gasteiger partial charge in [-0.25, -0.2) is 0 Å². The van der Waals surface area contributed by atoms with E-state index in [0.29, 0.717) is 11.3 Å². The molecule has 0 amide bonds. The van der Waals surface area contributed by atoms with Crippen LogP contribution >= 0.6 is 0 Å². The molecule has 0 spiro atoms. The van der Waals surface area contributed by atoms with Crippen molar-refractivity contribution in [1.82, 2.24) is 0 Å². The van der Waals surface area contributed by atoms with E-state index in [0.717, 1.165) is 12.1 Å². The summed E-state index contributed by atoms with van der Waals surface area (Å²) in [5.41, 5.74) is 2.14. The molecule has 0 fully saturated rings. The second-order valence-corrected chi connectivity index (χ2v) is 5.09. The van der Waals surface area contributed by atoms with Gasteiger partial charge in [-0.1, -0.05) is 0 Å². The Balaban J connectivity index is 2.21. The molecule has 0 saturated carbocycles. The van der Waals surface area contributed by atoms with Crippen LogP contribution in [-0.2, 0) is 4.79 Å². The van der Waals surface area contributed by atoms with Crippen molar-refractivity contribution >= 4 is 29.2 Å². The average Bonchev–Trinajstić information content (AvgIpc) is 2.62. The molecule has 0 saturated heterocycles. The van der Waals surface area contributed by atoms with Gasteiger partial charge < -0.3 is 9.47 Å². The fourth-order valence-electron chi connectivity index (χ4n) is 2.06. The molecule has 0 aliphatic carbocycles. The number of hydrogen-bond donors (Lipinski definition) is 1. The molecule has 140 valence electrons. The summed E-state index contributed by atoms with van der Waals surface area (Å²) in [4.78, 5) is 31.4. The summed E-state index contributed by atoms with van der Waals surface area (Å²) in [6, 6.07) is 7.81. The van der Waals surface area contributed by atoms with Gasteiger partial charge in [0.05, 0.1) is 29.2 Å². The van der Waals surface area contributed by atoms with Gasteiger partial charge in [-0.15, -0.1) is 0 Å². The van der Waals surface area contributed by atoms with E-state index in [1.54, 1.807) is 12.1 Å². The number of hydrogen-bond acceptors (Lipinski definition) is 9. The van der Waals surface area contributed by atoms with Crippen LogP contribution in [0.5, 0.6) is 11.5 Å². The fourth-order valence-corrected chi connectivity index (χ4v) is 2.06. The zero-order valence-electron chi connectivity index (χ0n) is 14.2. The van der Waals surface area contributed by atoms with E-state index in [2.05, 4.69) is 10.5 Å². The third-order valence-electron chi connectivity index (χ3n) is 3.23. The number of nitro benzene ring substituents is 2. The van der Waals surface area contributed by atoms with Gasteiger partial charge in [-0.3, -0.25) is 30.4 Å². The van der Waals surface area contributed by atoms with E-state index in [1.165, 1.54) is 32.4 Å². The summed E-state index contributed by atoms with van der Waals surface area (Å²) in [7, 11) is 1.40. The minimum atomic E-state index is -0.748. The third kappa shape index (κ3) is 4.98. The van der Waals surface area contributed by atoms with E-state index in [-0.39, 0.29) is 11.4 Å². The molecule has 0 bridgehead atoms. The first-order valence-electron chi connectivity index (χ1n) is 7.40. The van der Waals surface area contributed by atoms with Crippen molar-refractivity contribution < 1.29 is 24.1 Å². The number of methoxy groups -OCH3 is 1. The SMILES string of the molecule is COc1cc(/C=N/Nc2ccc([N+](=O)[O-])cc2[N+](=O)[O-])ccc1OC(C)=O. The molecule has 0 aliphatic heterocycles. The number of nitrogens with zero attached hydrogens (tertiary/aromatic N) is 3. The van der Waals surface area contributed by atoms with E-state index in [4.69, 9.17) is 9.47 Å². The predicted molar refractivity (Wildman–Crippen MR) is 95.3 cm³/mol. The second kappa shape index (κ2) is 8.38. The summed E-state index contributed by atoms with van der Waals surface area (Å²) >= 11 is 0. The third-order valence-corrected chi connectivity index (χ3v) is 3.23. The topological polar surface area (TPSA) is 146 Å². The average molecular weight is 374 g/mol. The first-order chi connectivity index (χ1) is 12.8. The van der Waals surface area contributed by atoms with Gasteiger partial charge in [-0.05, 0) is 29.8 Å². The smallest absolute Gasteiger partial charge is 0.308 e. The Hall–Kier alpha value is -4.02. The Bertz CT molecular complexity index is 927. The number of nitrogens with one attached hydrogen (secondary N) is 1. The number of carbonyl (C=O) groups excluding carboxylic acids is 1. The van der Waals surface area contributed by atoms with Crippen LogP contribution in [0, 0.1) is 20.2 Å². The standard InChI is InChI=1S/C16H14N4O7/c1-10(21)27-15-6-3-11(7-16(15)26-2)9-17-18-13-5-4-12(19(22)23)8-14(13)20(24)25/h3-9,18H,1-2H3/b17-9+. The first kappa shape index (κ1) is 19.3. The number of nitro groups is 2. The van der Waals surface area contributed by atoms with Gasteiger partial charge in [0, 0.05) is 13.0 Å². The highest BCUT2D eigenvalue weighted by molar-refractivity contribution is 5.82. The second-order valence-electron chi connectivity index (χ2n) is 5.09. The molecule has 0 unspecified atom stereocenters. The van der Waals surface area contributed by atoms with Gasteiger partial charge >= 0.3 is 11.7 Å². The molecule has 2 rings (SSSR count). The minimum Gasteiger partial charge on any atom is -0.493 e. The molecular formula is C16H14N4O7. The number of ether oxygens (including phenoxy) is 2. The van der Waals surface area contributed by atoms with Gasteiger partial charge in [0.15, 0.2) is 11.5 Å². The van der Waals surface area contributed by atoms with Crippen LogP contribution in [0.25, 0.3) is 0 Å². The lowest BCUT2D eigenvalue weighted by Crippen LogP contribution is -2.03. The fraction of sp³-hybridized carbons (Fsp3) is 0.125. The molecule has 0 aliphatic rings. The first-order valence-corrected chi connectivity index (χ1v) is 7.40. The van der Waals surface area contributed by atoms with Crippen molar-refractivity contribution in [2.75, 3.05) is 12.5 Å². The summed E-state index contributed by atoms with van der Waals surface area (Å²) < 4.78 is 10.1. The number of esters is 1. The Morgan fingerprint density at radius 2 is 1.85 bits per heavy atom. The lowest BCUT2D eigenvalue weighted by atomic mass is 10.2. The molecule has 1 N–H and O–H groups in total. The summed E-state index contributed by atoms with van der Waals surface area (Å²) in [6.45, 7) is 1.26. The van der Waals surface area contributed by atoms with Crippen LogP contribution in [0.4, 0.5) is 17.1 Å². The highest BCUT2D eigenvalue weighted by Crippen LogP contribution is 2.29. The minimum absolute atomic E-state index is 0.00894. The Morgan fingerprint density at radius 1 is 1.11 bits per heavy atom. The van der Waals surface area contributed by atoms with E-state index >= 15 is 0 Å². The maximum atomic E-state index is 11.1. The number of carbonyl (C=O) groups is 1. The molecule has 0 aromatic heterocycles. The molecule has 0 atom stereocenters. The highest BCUT2D eigenvalue weighted by Gasteiger charge is 2.19. The monoisotopic (exact) mass is 374 g/mol. The molecule has 0 radical (unpaired) electrons. The quantitative estimate of drug-likeness (QED) is 0.256. The lowest BCUT2D eigenvalue weighted by molar-refractivity contribution is -0.393. The highest BCUT2D eigenvalue weighted by atomic mass is 16.6. The summed E-state index contributed by atoms with van der Waals surface area (Å²) in [5.74, 6) is 0.0402. The van der Waals surface area contributed by atoms with E-state index in [9.17, 15) is 25.0 Å². The van der Waals surface area contributed by atoms with Crippen LogP contribution < -0.4 is 14.9 Å². The van der Waals surface area contributed by atoms with Crippen molar-refractivity contribution in [1.29, 1.82) is 0 Å². The lowest BCUT2D eigenvalue weighted by Gasteiger charge is -2.08. The Kier molecular flexibility index (Phi) is 5.99. The zero-order chi connectivity index (χ0) is 20.0. The molecule has 2 aromatic rings. The number of hydrazone groups is 1. The van der Waals surface area contributed by atoms with Crippen LogP contribution in [0.1, 0.15) is 12.5 Å². The van der Waals surface area contributed by atoms with E-state index < -0.39 is 27.2 Å². The predicted octanol–water partition coefficient (Wildman–Crippen LogP) is 2.88. The van der Waals surface area contributed by atoms with Crippen LogP contribution in [0.2, 0.25) is 0 Å².